The van der Waals surface area contributed by atoms with E-state index in [2.05, 4.69) is 38.3 Å². The second-order valence-corrected chi connectivity index (χ2v) is 7.16. The summed E-state index contributed by atoms with van der Waals surface area (Å²) >= 11 is 0. The first kappa shape index (κ1) is 15.3. The van der Waals surface area contributed by atoms with Crippen LogP contribution in [0.3, 0.4) is 0 Å². The van der Waals surface area contributed by atoms with Crippen molar-refractivity contribution in [1.29, 1.82) is 0 Å². The molecule has 1 aliphatic rings. The van der Waals surface area contributed by atoms with Crippen molar-refractivity contribution in [3.05, 3.63) is 29.6 Å². The van der Waals surface area contributed by atoms with Crippen LogP contribution in [0, 0.1) is 5.82 Å². The van der Waals surface area contributed by atoms with E-state index in [0.717, 1.165) is 18.4 Å². The minimum Gasteiger partial charge on any atom is -0.505 e. The molecular formula is C16H25FN2O. The molecule has 3 nitrogen and oxygen atoms in total. The molecule has 1 saturated heterocycles. The third-order valence-electron chi connectivity index (χ3n) is 3.80. The summed E-state index contributed by atoms with van der Waals surface area (Å²) in [6, 6.07) is 4.95. The van der Waals surface area contributed by atoms with Crippen molar-refractivity contribution in [2.45, 2.75) is 64.2 Å². The van der Waals surface area contributed by atoms with Crippen LogP contribution in [0.5, 0.6) is 5.75 Å². The predicted molar refractivity (Wildman–Crippen MR) is 79.2 cm³/mol. The number of benzene rings is 1. The predicted octanol–water partition coefficient (Wildman–Crippen LogP) is 2.93. The van der Waals surface area contributed by atoms with E-state index in [1.807, 2.05) is 0 Å². The van der Waals surface area contributed by atoms with Gasteiger partial charge in [-0.1, -0.05) is 6.07 Å². The van der Waals surface area contributed by atoms with E-state index in [4.69, 9.17) is 0 Å². The number of rotatable bonds is 3. The fraction of sp³-hybridized carbons (Fsp3) is 0.625. The van der Waals surface area contributed by atoms with Gasteiger partial charge < -0.3 is 15.7 Å². The van der Waals surface area contributed by atoms with Crippen molar-refractivity contribution in [1.82, 2.24) is 10.6 Å². The fourth-order valence-electron chi connectivity index (χ4n) is 3.39. The Labute approximate surface area is 120 Å². The summed E-state index contributed by atoms with van der Waals surface area (Å²) in [5.74, 6) is -0.854. The lowest BCUT2D eigenvalue weighted by molar-refractivity contribution is 0.145. The Morgan fingerprint density at radius 3 is 2.40 bits per heavy atom. The lowest BCUT2D eigenvalue weighted by Crippen LogP contribution is -2.61. The number of nitrogens with one attached hydrogen (secondary N) is 2. The van der Waals surface area contributed by atoms with E-state index in [9.17, 15) is 9.50 Å². The second-order valence-electron chi connectivity index (χ2n) is 7.16. The number of phenolic OH excluding ortho intramolecular Hbond substituents is 1. The Balaban J connectivity index is 1.98. The van der Waals surface area contributed by atoms with E-state index in [-0.39, 0.29) is 16.8 Å². The Morgan fingerprint density at radius 1 is 1.25 bits per heavy atom. The summed E-state index contributed by atoms with van der Waals surface area (Å²) in [5.41, 5.74) is 1.05. The zero-order valence-electron chi connectivity index (χ0n) is 12.8. The lowest BCUT2D eigenvalue weighted by atomic mass is 9.79. The number of phenols is 1. The number of hydrogen-bond acceptors (Lipinski definition) is 3. The van der Waals surface area contributed by atoms with Crippen molar-refractivity contribution < 1.29 is 9.50 Å². The molecule has 0 radical (unpaired) electrons. The van der Waals surface area contributed by atoms with Crippen LogP contribution < -0.4 is 10.6 Å². The maximum atomic E-state index is 13.3. The van der Waals surface area contributed by atoms with Gasteiger partial charge in [-0.15, -0.1) is 0 Å². The number of piperidine rings is 1. The van der Waals surface area contributed by atoms with E-state index in [1.54, 1.807) is 6.07 Å². The van der Waals surface area contributed by atoms with Gasteiger partial charge in [-0.05, 0) is 58.2 Å². The number of aromatic hydroxyl groups is 1. The first-order valence-electron chi connectivity index (χ1n) is 7.17. The average Bonchev–Trinajstić information content (AvgIpc) is 2.27. The van der Waals surface area contributed by atoms with Gasteiger partial charge in [0.1, 0.15) is 0 Å². The van der Waals surface area contributed by atoms with E-state index in [0.29, 0.717) is 12.6 Å². The van der Waals surface area contributed by atoms with Crippen molar-refractivity contribution >= 4 is 0 Å². The summed E-state index contributed by atoms with van der Waals surface area (Å²) < 4.78 is 13.3. The molecule has 1 aliphatic heterocycles. The first-order valence-corrected chi connectivity index (χ1v) is 7.17. The molecular weight excluding hydrogens is 255 g/mol. The van der Waals surface area contributed by atoms with Crippen LogP contribution in [0.4, 0.5) is 4.39 Å². The van der Waals surface area contributed by atoms with Crippen LogP contribution in [0.15, 0.2) is 18.2 Å². The van der Waals surface area contributed by atoms with Crippen molar-refractivity contribution in [2.24, 2.45) is 0 Å². The first-order chi connectivity index (χ1) is 9.17. The Kier molecular flexibility index (Phi) is 4.07. The molecule has 3 N–H and O–H groups in total. The molecule has 1 aromatic carbocycles. The van der Waals surface area contributed by atoms with Gasteiger partial charge in [-0.2, -0.15) is 0 Å². The van der Waals surface area contributed by atoms with Gasteiger partial charge in [-0.3, -0.25) is 0 Å². The fourth-order valence-corrected chi connectivity index (χ4v) is 3.39. The topological polar surface area (TPSA) is 44.3 Å². The van der Waals surface area contributed by atoms with Gasteiger partial charge in [0.15, 0.2) is 11.6 Å². The van der Waals surface area contributed by atoms with Crippen LogP contribution in [0.25, 0.3) is 0 Å². The van der Waals surface area contributed by atoms with Gasteiger partial charge in [0, 0.05) is 23.7 Å². The highest BCUT2D eigenvalue weighted by Crippen LogP contribution is 2.28. The normalized spacial score (nSPS) is 21.9. The number of halogens is 1. The van der Waals surface area contributed by atoms with Crippen LogP contribution in [0.1, 0.15) is 46.1 Å². The standard InChI is InChI=1S/C16H25FN2O/c1-15(2)8-12(9-16(3,4)19-15)18-10-11-5-6-14(20)13(17)7-11/h5-7,12,18-20H,8-10H2,1-4H3. The van der Waals surface area contributed by atoms with Gasteiger partial charge in [-0.25, -0.2) is 4.39 Å². The molecule has 0 amide bonds. The molecule has 0 saturated carbocycles. The lowest BCUT2D eigenvalue weighted by Gasteiger charge is -2.46. The number of hydrogen-bond donors (Lipinski definition) is 3. The molecule has 20 heavy (non-hydrogen) atoms. The van der Waals surface area contributed by atoms with Gasteiger partial charge >= 0.3 is 0 Å². The van der Waals surface area contributed by atoms with Crippen LogP contribution in [-0.4, -0.2) is 22.2 Å². The Hall–Kier alpha value is -1.13. The quantitative estimate of drug-likeness (QED) is 0.797. The molecule has 4 heteroatoms. The summed E-state index contributed by atoms with van der Waals surface area (Å²) in [7, 11) is 0. The highest BCUT2D eigenvalue weighted by Gasteiger charge is 2.37. The molecule has 0 unspecified atom stereocenters. The maximum absolute atomic E-state index is 13.3. The minimum absolute atomic E-state index is 0.0968. The Morgan fingerprint density at radius 2 is 1.85 bits per heavy atom. The molecule has 0 spiro atoms. The molecule has 2 rings (SSSR count). The van der Waals surface area contributed by atoms with Crippen molar-refractivity contribution in [3.8, 4) is 5.75 Å². The highest BCUT2D eigenvalue weighted by atomic mass is 19.1. The summed E-state index contributed by atoms with van der Waals surface area (Å²) in [5, 5.41) is 16.3. The monoisotopic (exact) mass is 280 g/mol. The minimum atomic E-state index is -0.560. The molecule has 112 valence electrons. The van der Waals surface area contributed by atoms with E-state index < -0.39 is 5.82 Å². The smallest absolute Gasteiger partial charge is 0.165 e. The molecule has 1 fully saturated rings. The SMILES string of the molecule is CC1(C)CC(NCc2ccc(O)c(F)c2)CC(C)(C)N1. The van der Waals surface area contributed by atoms with Crippen molar-refractivity contribution in [2.75, 3.05) is 0 Å². The summed E-state index contributed by atoms with van der Waals surface area (Å²) in [4.78, 5) is 0. The molecule has 0 aromatic heterocycles. The molecule has 0 atom stereocenters. The summed E-state index contributed by atoms with van der Waals surface area (Å²) in [6.07, 6.45) is 2.08. The van der Waals surface area contributed by atoms with Crippen LogP contribution in [-0.2, 0) is 6.54 Å². The van der Waals surface area contributed by atoms with Gasteiger partial charge in [0.2, 0.25) is 0 Å². The van der Waals surface area contributed by atoms with Crippen LogP contribution in [0.2, 0.25) is 0 Å². The summed E-state index contributed by atoms with van der Waals surface area (Å²) in [6.45, 7) is 9.46. The molecule has 0 bridgehead atoms. The van der Waals surface area contributed by atoms with E-state index in [1.165, 1.54) is 12.1 Å². The van der Waals surface area contributed by atoms with E-state index >= 15 is 0 Å². The van der Waals surface area contributed by atoms with Gasteiger partial charge in [0.25, 0.3) is 0 Å². The van der Waals surface area contributed by atoms with Crippen molar-refractivity contribution in [3.63, 3.8) is 0 Å². The third-order valence-corrected chi connectivity index (χ3v) is 3.80. The zero-order chi connectivity index (χ0) is 15.0. The zero-order valence-corrected chi connectivity index (χ0v) is 12.8. The molecule has 1 heterocycles. The van der Waals surface area contributed by atoms with Crippen LogP contribution >= 0.6 is 0 Å². The van der Waals surface area contributed by atoms with Gasteiger partial charge in [0.05, 0.1) is 0 Å². The maximum Gasteiger partial charge on any atom is 0.165 e. The largest absolute Gasteiger partial charge is 0.505 e. The molecule has 1 aromatic rings. The average molecular weight is 280 g/mol. The third kappa shape index (κ3) is 3.93. The highest BCUT2D eigenvalue weighted by molar-refractivity contribution is 5.28. The molecule has 0 aliphatic carbocycles. The Bertz CT molecular complexity index is 469. The second kappa shape index (κ2) is 5.34.